The predicted molar refractivity (Wildman–Crippen MR) is 92.8 cm³/mol. The Hall–Kier alpha value is -1.55. The lowest BCUT2D eigenvalue weighted by Gasteiger charge is -2.30. The molecule has 1 fully saturated rings. The fourth-order valence-corrected chi connectivity index (χ4v) is 3.62. The van der Waals surface area contributed by atoms with E-state index in [9.17, 15) is 4.79 Å². The summed E-state index contributed by atoms with van der Waals surface area (Å²) in [5.41, 5.74) is 4.21. The first-order chi connectivity index (χ1) is 11.3. The van der Waals surface area contributed by atoms with Crippen LogP contribution in [0.4, 0.5) is 5.69 Å². The van der Waals surface area contributed by atoms with Crippen LogP contribution < -0.4 is 5.32 Å². The second kappa shape index (κ2) is 7.82. The van der Waals surface area contributed by atoms with E-state index in [0.717, 1.165) is 45.4 Å². The van der Waals surface area contributed by atoms with Gasteiger partial charge in [0.25, 0.3) is 0 Å². The number of benzene rings is 1. The number of aryl methyl sites for hydroxylation is 1. The molecule has 0 unspecified atom stereocenters. The molecule has 23 heavy (non-hydrogen) atoms. The lowest BCUT2D eigenvalue weighted by molar-refractivity contribution is -0.149. The first-order valence-electron chi connectivity index (χ1n) is 9.01. The highest BCUT2D eigenvalue weighted by Gasteiger charge is 2.25. The topological polar surface area (TPSA) is 41.6 Å². The molecule has 4 heteroatoms. The molecule has 0 aliphatic carbocycles. The lowest BCUT2D eigenvalue weighted by atomic mass is 9.96. The number of anilines is 1. The molecule has 0 aromatic heterocycles. The highest BCUT2D eigenvalue weighted by atomic mass is 16.5. The maximum absolute atomic E-state index is 11.8. The number of hydrogen-bond acceptors (Lipinski definition) is 4. The summed E-state index contributed by atoms with van der Waals surface area (Å²) in [5, 5.41) is 3.47. The number of esters is 1. The molecule has 0 bridgehead atoms. The third kappa shape index (κ3) is 4.25. The van der Waals surface area contributed by atoms with Crippen LogP contribution >= 0.6 is 0 Å². The van der Waals surface area contributed by atoms with Crippen LogP contribution in [0.25, 0.3) is 0 Å². The van der Waals surface area contributed by atoms with Crippen LogP contribution in [-0.2, 0) is 22.4 Å². The number of fused-ring (bicyclic) bond motifs is 1. The molecule has 2 aliphatic rings. The number of nitrogens with zero attached hydrogens (tertiary/aromatic N) is 1. The second-order valence-electron chi connectivity index (χ2n) is 6.64. The van der Waals surface area contributed by atoms with Gasteiger partial charge in [-0.3, -0.25) is 4.79 Å². The van der Waals surface area contributed by atoms with Crippen molar-refractivity contribution in [2.24, 2.45) is 5.92 Å². The molecule has 126 valence electrons. The number of nitrogens with one attached hydrogen (secondary N) is 1. The minimum Gasteiger partial charge on any atom is -0.466 e. The normalized spacial score (nSPS) is 19.0. The molecule has 1 N–H and O–H groups in total. The fraction of sp³-hybridized carbons (Fsp3) is 0.632. The molecule has 2 aliphatic heterocycles. The zero-order valence-electron chi connectivity index (χ0n) is 14.1. The molecule has 0 atom stereocenters. The van der Waals surface area contributed by atoms with Crippen LogP contribution in [0.2, 0.25) is 0 Å². The fourth-order valence-electron chi connectivity index (χ4n) is 3.62. The van der Waals surface area contributed by atoms with Crippen LogP contribution in [0.1, 0.15) is 37.3 Å². The van der Waals surface area contributed by atoms with E-state index in [1.54, 1.807) is 0 Å². The van der Waals surface area contributed by atoms with E-state index in [0.29, 0.717) is 6.61 Å². The Balaban J connectivity index is 1.45. The van der Waals surface area contributed by atoms with Crippen LogP contribution in [0.5, 0.6) is 0 Å². The first-order valence-corrected chi connectivity index (χ1v) is 9.01. The number of hydrogen-bond donors (Lipinski definition) is 1. The Bertz CT molecular complexity index is 536. The van der Waals surface area contributed by atoms with Gasteiger partial charge in [0, 0.05) is 18.8 Å². The molecule has 0 radical (unpaired) electrons. The summed E-state index contributed by atoms with van der Waals surface area (Å²) in [6.45, 7) is 6.57. The molecule has 0 saturated carbocycles. The SMILES string of the molecule is CCOC(=O)C1CCN(CCc2ccc3c(c2)CCCN3)CC1. The van der Waals surface area contributed by atoms with Gasteiger partial charge in [-0.05, 0) is 69.3 Å². The maximum Gasteiger partial charge on any atom is 0.309 e. The average Bonchev–Trinajstić information content (AvgIpc) is 2.60. The highest BCUT2D eigenvalue weighted by molar-refractivity contribution is 5.72. The summed E-state index contributed by atoms with van der Waals surface area (Å²) in [6.07, 6.45) is 5.40. The van der Waals surface area contributed by atoms with Gasteiger partial charge < -0.3 is 15.0 Å². The smallest absolute Gasteiger partial charge is 0.309 e. The highest BCUT2D eigenvalue weighted by Crippen LogP contribution is 2.24. The van der Waals surface area contributed by atoms with Crippen LogP contribution in [0, 0.1) is 5.92 Å². The predicted octanol–water partition coefficient (Wildman–Crippen LogP) is 2.86. The summed E-state index contributed by atoms with van der Waals surface area (Å²) in [7, 11) is 0. The van der Waals surface area contributed by atoms with Gasteiger partial charge in [0.15, 0.2) is 0 Å². The Morgan fingerprint density at radius 1 is 1.35 bits per heavy atom. The van der Waals surface area contributed by atoms with E-state index < -0.39 is 0 Å². The number of likely N-dealkylation sites (tertiary alicyclic amines) is 1. The van der Waals surface area contributed by atoms with Gasteiger partial charge in [-0.25, -0.2) is 0 Å². The Morgan fingerprint density at radius 2 is 2.17 bits per heavy atom. The number of ether oxygens (including phenoxy) is 1. The number of carbonyl (C=O) groups is 1. The molecule has 1 aromatic carbocycles. The Kier molecular flexibility index (Phi) is 5.55. The zero-order chi connectivity index (χ0) is 16.1. The molecular weight excluding hydrogens is 288 g/mol. The molecule has 1 aromatic rings. The van der Waals surface area contributed by atoms with Gasteiger partial charge in [-0.15, -0.1) is 0 Å². The van der Waals surface area contributed by atoms with Crippen molar-refractivity contribution in [1.82, 2.24) is 4.90 Å². The third-order valence-electron chi connectivity index (χ3n) is 5.03. The van der Waals surface area contributed by atoms with Crippen molar-refractivity contribution in [3.8, 4) is 0 Å². The van der Waals surface area contributed by atoms with Crippen molar-refractivity contribution < 1.29 is 9.53 Å². The monoisotopic (exact) mass is 316 g/mol. The number of piperidine rings is 1. The summed E-state index contributed by atoms with van der Waals surface area (Å²) >= 11 is 0. The molecule has 0 amide bonds. The summed E-state index contributed by atoms with van der Waals surface area (Å²) < 4.78 is 5.14. The number of rotatable bonds is 5. The van der Waals surface area contributed by atoms with Crippen molar-refractivity contribution in [2.45, 2.75) is 39.0 Å². The largest absolute Gasteiger partial charge is 0.466 e. The molecule has 3 rings (SSSR count). The van der Waals surface area contributed by atoms with Crippen molar-refractivity contribution >= 4 is 11.7 Å². The van der Waals surface area contributed by atoms with E-state index >= 15 is 0 Å². The van der Waals surface area contributed by atoms with E-state index in [2.05, 4.69) is 28.4 Å². The first kappa shape index (κ1) is 16.3. The number of carbonyl (C=O) groups excluding carboxylic acids is 1. The van der Waals surface area contributed by atoms with Gasteiger partial charge in [0.2, 0.25) is 0 Å². The minimum absolute atomic E-state index is 0.00524. The summed E-state index contributed by atoms with van der Waals surface area (Å²) in [4.78, 5) is 14.3. The van der Waals surface area contributed by atoms with Crippen LogP contribution in [-0.4, -0.2) is 43.7 Å². The van der Waals surface area contributed by atoms with E-state index in [4.69, 9.17) is 4.74 Å². The van der Waals surface area contributed by atoms with Crippen LogP contribution in [0.3, 0.4) is 0 Å². The van der Waals surface area contributed by atoms with Crippen LogP contribution in [0.15, 0.2) is 18.2 Å². The average molecular weight is 316 g/mol. The van der Waals surface area contributed by atoms with Gasteiger partial charge in [-0.2, -0.15) is 0 Å². The molecule has 2 heterocycles. The molecule has 1 saturated heterocycles. The molecular formula is C19H28N2O2. The van der Waals surface area contributed by atoms with Gasteiger partial charge in [-0.1, -0.05) is 12.1 Å². The quantitative estimate of drug-likeness (QED) is 0.848. The Labute approximate surface area is 139 Å². The van der Waals surface area contributed by atoms with Gasteiger partial charge >= 0.3 is 5.97 Å². The Morgan fingerprint density at radius 3 is 2.96 bits per heavy atom. The maximum atomic E-state index is 11.8. The van der Waals surface area contributed by atoms with E-state index in [1.165, 1.54) is 29.7 Å². The van der Waals surface area contributed by atoms with Gasteiger partial charge in [0.1, 0.15) is 0 Å². The van der Waals surface area contributed by atoms with Crippen molar-refractivity contribution in [2.75, 3.05) is 38.1 Å². The second-order valence-corrected chi connectivity index (χ2v) is 6.64. The van der Waals surface area contributed by atoms with E-state index in [1.807, 2.05) is 6.92 Å². The van der Waals surface area contributed by atoms with Crippen molar-refractivity contribution in [1.29, 1.82) is 0 Å². The van der Waals surface area contributed by atoms with E-state index in [-0.39, 0.29) is 11.9 Å². The van der Waals surface area contributed by atoms with Gasteiger partial charge in [0.05, 0.1) is 12.5 Å². The standard InChI is InChI=1S/C19H28N2O2/c1-2-23-19(22)16-8-12-21(13-9-16)11-7-15-5-6-18-17(14-15)4-3-10-20-18/h5-6,14,16,20H,2-4,7-13H2,1H3. The third-order valence-corrected chi connectivity index (χ3v) is 5.03. The molecule has 0 spiro atoms. The molecule has 4 nitrogen and oxygen atoms in total. The minimum atomic E-state index is -0.00524. The summed E-state index contributed by atoms with van der Waals surface area (Å²) in [5.74, 6) is 0.107. The zero-order valence-corrected chi connectivity index (χ0v) is 14.1. The lowest BCUT2D eigenvalue weighted by Crippen LogP contribution is -2.38. The van der Waals surface area contributed by atoms with Crippen molar-refractivity contribution in [3.63, 3.8) is 0 Å². The van der Waals surface area contributed by atoms with Crippen molar-refractivity contribution in [3.05, 3.63) is 29.3 Å². The summed E-state index contributed by atoms with van der Waals surface area (Å²) in [6, 6.07) is 6.85.